The van der Waals surface area contributed by atoms with Crippen molar-refractivity contribution in [2.45, 2.75) is 57.6 Å². The number of piperidine rings is 1. The minimum atomic E-state index is -0.714. The molecule has 0 aromatic heterocycles. The van der Waals surface area contributed by atoms with Gasteiger partial charge in [-0.05, 0) is 56.0 Å². The molecule has 5 nitrogen and oxygen atoms in total. The number of amides is 1. The van der Waals surface area contributed by atoms with Crippen molar-refractivity contribution in [1.82, 2.24) is 10.6 Å². The third-order valence-corrected chi connectivity index (χ3v) is 4.81. The van der Waals surface area contributed by atoms with E-state index in [0.717, 1.165) is 18.8 Å². The topological polar surface area (TPSA) is 59.6 Å². The van der Waals surface area contributed by atoms with E-state index in [9.17, 15) is 4.79 Å². The molecular weight excluding hydrogens is 352 g/mol. The highest BCUT2D eigenvalue weighted by Crippen LogP contribution is 2.25. The monoisotopic (exact) mass is 384 g/mol. The molecule has 1 unspecified atom stereocenters. The molecule has 2 rings (SSSR count). The number of carbonyl (C=O) groups is 1. The third kappa shape index (κ3) is 5.86. The first-order chi connectivity index (χ1) is 11.8. The molecule has 0 aliphatic carbocycles. The number of nitrogens with one attached hydrogen (secondary N) is 2. The number of benzene rings is 1. The molecule has 1 amide bonds. The van der Waals surface area contributed by atoms with E-state index in [1.807, 2.05) is 19.1 Å². The highest BCUT2D eigenvalue weighted by atomic mass is 35.5. The Bertz CT molecular complexity index is 563. The van der Waals surface area contributed by atoms with E-state index in [4.69, 9.17) is 9.47 Å². The number of hydrogen-bond donors (Lipinski definition) is 2. The lowest BCUT2D eigenvalue weighted by atomic mass is 9.87. The van der Waals surface area contributed by atoms with Gasteiger partial charge >= 0.3 is 0 Å². The summed E-state index contributed by atoms with van der Waals surface area (Å²) in [4.78, 5) is 12.6. The molecule has 1 aromatic rings. The smallest absolute Gasteiger partial charge is 0.252 e. The largest absolute Gasteiger partial charge is 0.491 e. The van der Waals surface area contributed by atoms with Crippen LogP contribution in [0.3, 0.4) is 0 Å². The normalized spacial score (nSPS) is 17.7. The van der Waals surface area contributed by atoms with Crippen LogP contribution in [-0.2, 0) is 14.9 Å². The second-order valence-electron chi connectivity index (χ2n) is 7.91. The summed E-state index contributed by atoms with van der Waals surface area (Å²) in [6, 6.07) is 8.06. The number of hydrogen-bond acceptors (Lipinski definition) is 4. The van der Waals surface area contributed by atoms with E-state index in [1.54, 1.807) is 7.11 Å². The van der Waals surface area contributed by atoms with Crippen LogP contribution in [0.15, 0.2) is 24.3 Å². The Morgan fingerprint density at radius 3 is 2.31 bits per heavy atom. The van der Waals surface area contributed by atoms with Gasteiger partial charge in [0, 0.05) is 7.11 Å². The molecular formula is C20H33ClN2O3. The van der Waals surface area contributed by atoms with Crippen molar-refractivity contribution >= 4 is 18.3 Å². The SMILES string of the molecule is COC1(C(=O)NC(C)COc2ccc(C(C)(C)C)cc2)CCNCC1.Cl. The van der Waals surface area contributed by atoms with Gasteiger partial charge in [0.15, 0.2) is 0 Å². The van der Waals surface area contributed by atoms with Crippen molar-refractivity contribution in [3.8, 4) is 5.75 Å². The van der Waals surface area contributed by atoms with Crippen molar-refractivity contribution in [2.24, 2.45) is 0 Å². The maximum absolute atomic E-state index is 12.6. The van der Waals surface area contributed by atoms with Crippen LogP contribution in [0.2, 0.25) is 0 Å². The van der Waals surface area contributed by atoms with Crippen LogP contribution in [0, 0.1) is 0 Å². The lowest BCUT2D eigenvalue weighted by Gasteiger charge is -2.35. The Morgan fingerprint density at radius 2 is 1.81 bits per heavy atom. The summed E-state index contributed by atoms with van der Waals surface area (Å²) >= 11 is 0. The van der Waals surface area contributed by atoms with E-state index in [-0.39, 0.29) is 29.8 Å². The van der Waals surface area contributed by atoms with Crippen LogP contribution in [0.25, 0.3) is 0 Å². The van der Waals surface area contributed by atoms with Crippen molar-refractivity contribution in [1.29, 1.82) is 0 Å². The summed E-state index contributed by atoms with van der Waals surface area (Å²) in [6.07, 6.45) is 1.38. The summed E-state index contributed by atoms with van der Waals surface area (Å²) in [6.45, 7) is 10.5. The summed E-state index contributed by atoms with van der Waals surface area (Å²) < 4.78 is 11.4. The van der Waals surface area contributed by atoms with Gasteiger partial charge in [-0.3, -0.25) is 4.79 Å². The lowest BCUT2D eigenvalue weighted by Crippen LogP contribution is -2.56. The van der Waals surface area contributed by atoms with E-state index in [0.29, 0.717) is 19.4 Å². The standard InChI is InChI=1S/C20H32N2O3.ClH/c1-15(22-18(23)20(24-5)10-12-21-13-11-20)14-25-17-8-6-16(7-9-17)19(2,3)4;/h6-9,15,21H,10-14H2,1-5H3,(H,22,23);1H. The van der Waals surface area contributed by atoms with Gasteiger partial charge in [0.05, 0.1) is 6.04 Å². The molecule has 0 radical (unpaired) electrons. The number of methoxy groups -OCH3 is 1. The first-order valence-corrected chi connectivity index (χ1v) is 9.07. The second-order valence-corrected chi connectivity index (χ2v) is 7.91. The predicted molar refractivity (Wildman–Crippen MR) is 107 cm³/mol. The van der Waals surface area contributed by atoms with Crippen molar-refractivity contribution < 1.29 is 14.3 Å². The van der Waals surface area contributed by atoms with Gasteiger partial charge in [-0.1, -0.05) is 32.9 Å². The van der Waals surface area contributed by atoms with Gasteiger partial charge in [0.1, 0.15) is 18.0 Å². The fourth-order valence-electron chi connectivity index (χ4n) is 3.02. The van der Waals surface area contributed by atoms with Gasteiger partial charge in [0.2, 0.25) is 0 Å². The van der Waals surface area contributed by atoms with E-state index in [1.165, 1.54) is 5.56 Å². The molecule has 6 heteroatoms. The van der Waals surface area contributed by atoms with E-state index >= 15 is 0 Å². The van der Waals surface area contributed by atoms with Gasteiger partial charge in [-0.25, -0.2) is 0 Å². The quantitative estimate of drug-likeness (QED) is 0.791. The molecule has 1 aliphatic heterocycles. The number of halogens is 1. The van der Waals surface area contributed by atoms with Crippen molar-refractivity contribution in [3.05, 3.63) is 29.8 Å². The maximum atomic E-state index is 12.6. The van der Waals surface area contributed by atoms with Gasteiger partial charge in [-0.15, -0.1) is 12.4 Å². The molecule has 0 saturated carbocycles. The number of rotatable bonds is 6. The van der Waals surface area contributed by atoms with Crippen LogP contribution in [0.4, 0.5) is 0 Å². The Hall–Kier alpha value is -1.30. The highest BCUT2D eigenvalue weighted by molar-refractivity contribution is 5.85. The molecule has 1 saturated heterocycles. The van der Waals surface area contributed by atoms with Gasteiger partial charge in [-0.2, -0.15) is 0 Å². The number of ether oxygens (including phenoxy) is 2. The molecule has 1 aliphatic rings. The van der Waals surface area contributed by atoms with Crippen LogP contribution < -0.4 is 15.4 Å². The summed E-state index contributed by atoms with van der Waals surface area (Å²) in [7, 11) is 1.61. The first-order valence-electron chi connectivity index (χ1n) is 9.07. The maximum Gasteiger partial charge on any atom is 0.252 e. The molecule has 0 bridgehead atoms. The van der Waals surface area contributed by atoms with Gasteiger partial charge < -0.3 is 20.1 Å². The molecule has 0 spiro atoms. The van der Waals surface area contributed by atoms with Crippen LogP contribution in [0.5, 0.6) is 5.75 Å². The molecule has 1 aromatic carbocycles. The third-order valence-electron chi connectivity index (χ3n) is 4.81. The first kappa shape index (κ1) is 22.7. The average Bonchev–Trinajstić information content (AvgIpc) is 2.60. The molecule has 1 atom stereocenters. The predicted octanol–water partition coefficient (Wildman–Crippen LogP) is 3.06. The summed E-state index contributed by atoms with van der Waals surface area (Å²) in [5, 5.41) is 6.29. The van der Waals surface area contributed by atoms with Crippen LogP contribution >= 0.6 is 12.4 Å². The summed E-state index contributed by atoms with van der Waals surface area (Å²) in [5.41, 5.74) is 0.686. The molecule has 2 N–H and O–H groups in total. The van der Waals surface area contributed by atoms with Crippen molar-refractivity contribution in [3.63, 3.8) is 0 Å². The zero-order chi connectivity index (χ0) is 18.5. The highest BCUT2D eigenvalue weighted by Gasteiger charge is 2.40. The Balaban J connectivity index is 0.00000338. The lowest BCUT2D eigenvalue weighted by molar-refractivity contribution is -0.147. The minimum Gasteiger partial charge on any atom is -0.491 e. The van der Waals surface area contributed by atoms with E-state index < -0.39 is 5.60 Å². The molecule has 1 fully saturated rings. The second kappa shape index (κ2) is 9.58. The van der Waals surface area contributed by atoms with Crippen LogP contribution in [0.1, 0.15) is 46.1 Å². The fraction of sp³-hybridized carbons (Fsp3) is 0.650. The molecule has 1 heterocycles. The Labute approximate surface area is 163 Å². The van der Waals surface area contributed by atoms with Gasteiger partial charge in [0.25, 0.3) is 5.91 Å². The number of carbonyl (C=O) groups excluding carboxylic acids is 1. The minimum absolute atomic E-state index is 0. The fourth-order valence-corrected chi connectivity index (χ4v) is 3.02. The zero-order valence-corrected chi connectivity index (χ0v) is 17.4. The summed E-state index contributed by atoms with van der Waals surface area (Å²) in [5.74, 6) is 0.771. The van der Waals surface area contributed by atoms with Crippen molar-refractivity contribution in [2.75, 3.05) is 26.8 Å². The average molecular weight is 385 g/mol. The molecule has 148 valence electrons. The Morgan fingerprint density at radius 1 is 1.23 bits per heavy atom. The molecule has 26 heavy (non-hydrogen) atoms. The van der Waals surface area contributed by atoms with Crippen LogP contribution in [-0.4, -0.2) is 44.4 Å². The zero-order valence-electron chi connectivity index (χ0n) is 16.6. The Kier molecular flexibility index (Phi) is 8.38. The van der Waals surface area contributed by atoms with E-state index in [2.05, 4.69) is 43.5 Å².